The van der Waals surface area contributed by atoms with Crippen molar-refractivity contribution < 1.29 is 9.18 Å². The van der Waals surface area contributed by atoms with Gasteiger partial charge >= 0.3 is 0 Å². The largest absolute Gasteiger partial charge is 0.343 e. The van der Waals surface area contributed by atoms with Gasteiger partial charge < -0.3 is 10.2 Å². The number of carbonyl (C=O) groups is 1. The molecule has 0 aliphatic carbocycles. The molecule has 1 N–H and O–H groups in total. The SMILES string of the molecule is CC(=O)N1CCC(N[C@@H]2CCCN(Cc3ccccc3F)C2)CC1. The fourth-order valence-corrected chi connectivity index (χ4v) is 3.90. The minimum absolute atomic E-state index is 0.107. The molecule has 132 valence electrons. The van der Waals surface area contributed by atoms with Gasteiger partial charge in [-0.25, -0.2) is 4.39 Å². The third-order valence-corrected chi connectivity index (χ3v) is 5.27. The van der Waals surface area contributed by atoms with E-state index >= 15 is 0 Å². The van der Waals surface area contributed by atoms with E-state index in [-0.39, 0.29) is 11.7 Å². The van der Waals surface area contributed by atoms with Crippen LogP contribution < -0.4 is 5.32 Å². The molecule has 0 unspecified atom stereocenters. The summed E-state index contributed by atoms with van der Waals surface area (Å²) in [5.74, 6) is 0.0753. The number of halogens is 1. The minimum atomic E-state index is -0.107. The van der Waals surface area contributed by atoms with Crippen LogP contribution in [0.4, 0.5) is 4.39 Å². The topological polar surface area (TPSA) is 35.6 Å². The Morgan fingerprint density at radius 1 is 1.17 bits per heavy atom. The summed E-state index contributed by atoms with van der Waals surface area (Å²) in [5, 5.41) is 3.77. The first-order chi connectivity index (χ1) is 11.6. The summed E-state index contributed by atoms with van der Waals surface area (Å²) < 4.78 is 13.8. The number of nitrogens with one attached hydrogen (secondary N) is 1. The van der Waals surface area contributed by atoms with Crippen LogP contribution in [0.2, 0.25) is 0 Å². The highest BCUT2D eigenvalue weighted by molar-refractivity contribution is 5.73. The molecular weight excluding hydrogens is 305 g/mol. The molecule has 2 aliphatic heterocycles. The zero-order chi connectivity index (χ0) is 16.9. The fourth-order valence-electron chi connectivity index (χ4n) is 3.90. The Morgan fingerprint density at radius 3 is 2.62 bits per heavy atom. The summed E-state index contributed by atoms with van der Waals surface area (Å²) in [5.41, 5.74) is 0.785. The van der Waals surface area contributed by atoms with E-state index in [2.05, 4.69) is 10.2 Å². The molecule has 2 saturated heterocycles. The van der Waals surface area contributed by atoms with Gasteiger partial charge in [-0.15, -0.1) is 0 Å². The first-order valence-electron chi connectivity index (χ1n) is 9.09. The van der Waals surface area contributed by atoms with Crippen LogP contribution in [0, 0.1) is 5.82 Å². The molecule has 24 heavy (non-hydrogen) atoms. The van der Waals surface area contributed by atoms with Crippen LogP contribution in [0.1, 0.15) is 38.2 Å². The van der Waals surface area contributed by atoms with Crippen LogP contribution in [0.15, 0.2) is 24.3 Å². The summed E-state index contributed by atoms with van der Waals surface area (Å²) in [6.07, 6.45) is 4.39. The Morgan fingerprint density at radius 2 is 1.92 bits per heavy atom. The van der Waals surface area contributed by atoms with Gasteiger partial charge in [0, 0.05) is 50.7 Å². The van der Waals surface area contributed by atoms with Crippen LogP contribution in [-0.4, -0.2) is 54.0 Å². The number of nitrogens with zero attached hydrogens (tertiary/aromatic N) is 2. The second-order valence-corrected chi connectivity index (χ2v) is 7.11. The highest BCUT2D eigenvalue weighted by Crippen LogP contribution is 2.18. The Kier molecular flexibility index (Phi) is 5.85. The Labute approximate surface area is 144 Å². The molecule has 5 heteroatoms. The molecule has 0 aromatic heterocycles. The number of likely N-dealkylation sites (tertiary alicyclic amines) is 2. The molecule has 0 spiro atoms. The maximum atomic E-state index is 13.8. The average Bonchev–Trinajstić information content (AvgIpc) is 2.58. The lowest BCUT2D eigenvalue weighted by molar-refractivity contribution is -0.129. The number of carbonyl (C=O) groups excluding carboxylic acids is 1. The van der Waals surface area contributed by atoms with Gasteiger partial charge in [-0.2, -0.15) is 0 Å². The van der Waals surface area contributed by atoms with Crippen molar-refractivity contribution in [2.24, 2.45) is 0 Å². The van der Waals surface area contributed by atoms with E-state index in [0.29, 0.717) is 18.6 Å². The number of amides is 1. The molecule has 1 amide bonds. The Balaban J connectivity index is 1.48. The van der Waals surface area contributed by atoms with Gasteiger partial charge in [0.05, 0.1) is 0 Å². The van der Waals surface area contributed by atoms with E-state index in [1.807, 2.05) is 17.0 Å². The van der Waals surface area contributed by atoms with E-state index in [4.69, 9.17) is 0 Å². The van der Waals surface area contributed by atoms with E-state index < -0.39 is 0 Å². The molecule has 0 radical (unpaired) electrons. The van der Waals surface area contributed by atoms with Crippen LogP contribution in [-0.2, 0) is 11.3 Å². The van der Waals surface area contributed by atoms with E-state index in [1.165, 1.54) is 12.5 Å². The molecule has 1 aromatic rings. The first-order valence-corrected chi connectivity index (χ1v) is 9.09. The molecule has 2 aliphatic rings. The van der Waals surface area contributed by atoms with E-state index in [9.17, 15) is 9.18 Å². The Hall–Kier alpha value is -1.46. The number of hydrogen-bond donors (Lipinski definition) is 1. The maximum absolute atomic E-state index is 13.8. The first kappa shape index (κ1) is 17.4. The molecule has 1 atom stereocenters. The van der Waals surface area contributed by atoms with Crippen molar-refractivity contribution in [3.63, 3.8) is 0 Å². The van der Waals surface area contributed by atoms with Crippen LogP contribution in [0.5, 0.6) is 0 Å². The van der Waals surface area contributed by atoms with Crippen molar-refractivity contribution in [2.45, 2.75) is 51.2 Å². The van der Waals surface area contributed by atoms with E-state index in [1.54, 1.807) is 13.0 Å². The van der Waals surface area contributed by atoms with Crippen molar-refractivity contribution in [1.29, 1.82) is 0 Å². The lowest BCUT2D eigenvalue weighted by atomic mass is 9.99. The second kappa shape index (κ2) is 8.08. The minimum Gasteiger partial charge on any atom is -0.343 e. The molecule has 4 nitrogen and oxygen atoms in total. The predicted molar refractivity (Wildman–Crippen MR) is 93.1 cm³/mol. The molecule has 2 heterocycles. The summed E-state index contributed by atoms with van der Waals surface area (Å²) in [4.78, 5) is 15.7. The zero-order valence-electron chi connectivity index (χ0n) is 14.5. The van der Waals surface area contributed by atoms with Crippen molar-refractivity contribution in [2.75, 3.05) is 26.2 Å². The summed E-state index contributed by atoms with van der Waals surface area (Å²) >= 11 is 0. The quantitative estimate of drug-likeness (QED) is 0.919. The van der Waals surface area contributed by atoms with E-state index in [0.717, 1.165) is 51.0 Å². The smallest absolute Gasteiger partial charge is 0.219 e. The highest BCUT2D eigenvalue weighted by atomic mass is 19.1. The van der Waals surface area contributed by atoms with Crippen molar-refractivity contribution in [1.82, 2.24) is 15.1 Å². The van der Waals surface area contributed by atoms with Crippen LogP contribution >= 0.6 is 0 Å². The predicted octanol–water partition coefficient (Wildman–Crippen LogP) is 2.39. The number of hydrogen-bond acceptors (Lipinski definition) is 3. The van der Waals surface area contributed by atoms with Crippen molar-refractivity contribution in [3.05, 3.63) is 35.6 Å². The third kappa shape index (κ3) is 4.54. The molecule has 0 saturated carbocycles. The van der Waals surface area contributed by atoms with Gasteiger partial charge in [0.15, 0.2) is 0 Å². The van der Waals surface area contributed by atoms with Crippen LogP contribution in [0.25, 0.3) is 0 Å². The monoisotopic (exact) mass is 333 g/mol. The van der Waals surface area contributed by atoms with Gasteiger partial charge in [-0.3, -0.25) is 9.69 Å². The zero-order valence-corrected chi connectivity index (χ0v) is 14.5. The van der Waals surface area contributed by atoms with Gasteiger partial charge in [0.25, 0.3) is 0 Å². The fraction of sp³-hybridized carbons (Fsp3) is 0.632. The lowest BCUT2D eigenvalue weighted by Crippen LogP contribution is -2.52. The van der Waals surface area contributed by atoms with Crippen LogP contribution in [0.3, 0.4) is 0 Å². The molecule has 1 aromatic carbocycles. The second-order valence-electron chi connectivity index (χ2n) is 7.11. The number of rotatable bonds is 4. The van der Waals surface area contributed by atoms with Gasteiger partial charge in [-0.05, 0) is 38.3 Å². The molecule has 2 fully saturated rings. The van der Waals surface area contributed by atoms with Gasteiger partial charge in [0.2, 0.25) is 5.91 Å². The van der Waals surface area contributed by atoms with Gasteiger partial charge in [-0.1, -0.05) is 18.2 Å². The normalized spacial score (nSPS) is 23.4. The summed E-state index contributed by atoms with van der Waals surface area (Å²) in [6.45, 7) is 6.07. The summed E-state index contributed by atoms with van der Waals surface area (Å²) in [7, 11) is 0. The third-order valence-electron chi connectivity index (χ3n) is 5.27. The average molecular weight is 333 g/mol. The summed E-state index contributed by atoms with van der Waals surface area (Å²) in [6, 6.07) is 8.04. The maximum Gasteiger partial charge on any atom is 0.219 e. The lowest BCUT2D eigenvalue weighted by Gasteiger charge is -2.38. The molecule has 0 bridgehead atoms. The van der Waals surface area contributed by atoms with Crippen molar-refractivity contribution in [3.8, 4) is 0 Å². The Bertz CT molecular complexity index is 557. The molecule has 3 rings (SSSR count). The standard InChI is InChI=1S/C19H28FN3O/c1-15(24)23-11-8-17(9-12-23)21-18-6-4-10-22(14-18)13-16-5-2-3-7-19(16)20/h2-3,5,7,17-18,21H,4,6,8-14H2,1H3/t18-/m1/s1. The van der Waals surface area contributed by atoms with Gasteiger partial charge in [0.1, 0.15) is 5.82 Å². The number of benzene rings is 1. The molecular formula is C19H28FN3O. The highest BCUT2D eigenvalue weighted by Gasteiger charge is 2.26. The number of piperidine rings is 2. The van der Waals surface area contributed by atoms with Crippen molar-refractivity contribution >= 4 is 5.91 Å².